The van der Waals surface area contributed by atoms with Gasteiger partial charge >= 0.3 is 0 Å². The van der Waals surface area contributed by atoms with Crippen molar-refractivity contribution >= 4 is 52.5 Å². The van der Waals surface area contributed by atoms with E-state index in [9.17, 15) is 9.59 Å². The number of carbonyl (C=O) groups is 2. The number of nitrogens with two attached hydrogens (primary N) is 1. The van der Waals surface area contributed by atoms with Crippen LogP contribution in [-0.4, -0.2) is 29.8 Å². The number of carbonyl (C=O) groups excluding carboxylic acids is 2. The van der Waals surface area contributed by atoms with E-state index in [2.05, 4.69) is 58.1 Å². The van der Waals surface area contributed by atoms with Crippen molar-refractivity contribution in [3.8, 4) is 5.75 Å². The summed E-state index contributed by atoms with van der Waals surface area (Å²) in [4.78, 5) is 30.9. The summed E-state index contributed by atoms with van der Waals surface area (Å²) in [6, 6.07) is 28.8. The average molecular weight is 693 g/mol. The lowest BCUT2D eigenvalue weighted by Crippen LogP contribution is -2.26. The van der Waals surface area contributed by atoms with Crippen molar-refractivity contribution in [2.24, 2.45) is 5.73 Å². The van der Waals surface area contributed by atoms with Crippen LogP contribution in [0.4, 0.5) is 11.5 Å². The molecule has 0 saturated carbocycles. The second-order valence-electron chi connectivity index (χ2n) is 12.4. The maximum Gasteiger partial charge on any atom is 0.260 e. The molecule has 3 aliphatic rings. The number of nitrogens with one attached hydrogen (secondary N) is 2. The van der Waals surface area contributed by atoms with Crippen LogP contribution in [0.1, 0.15) is 50.2 Å². The molecule has 254 valence electrons. The first-order valence-corrected chi connectivity index (χ1v) is 17.5. The number of benzene rings is 4. The fraction of sp³-hybridized carbons (Fsp3) is 0.140. The molecule has 4 aromatic carbocycles. The number of hydrogen-bond donors (Lipinski definition) is 3. The molecule has 5 aromatic rings. The van der Waals surface area contributed by atoms with Crippen molar-refractivity contribution in [1.82, 2.24) is 4.98 Å². The number of ketones is 1. The molecule has 0 saturated heterocycles. The topological polar surface area (TPSA) is 106 Å². The zero-order valence-corrected chi connectivity index (χ0v) is 28.8. The van der Waals surface area contributed by atoms with E-state index in [1.54, 1.807) is 36.4 Å². The standard InChI is InChI=1S/C33H28ClN3O3.C10H9N/c34-29-9-4-7-22-24-12-13-25-21(23(24)14-15-26(22)29)6-3-8-27(25)32(38)20-11-16-31(36-19-20)37-33(39)28-5-1-2-10-30(28)40-18-17-35;1-2-7-10-9(5-1)6-3-4-8-11-10/h1-2,4-5,7,9-13,15-16,19H,3,6,8,14,17-18,35H2,(H,36,37,39);1-8,11H. The van der Waals surface area contributed by atoms with Crippen molar-refractivity contribution in [2.75, 3.05) is 23.8 Å². The molecule has 2 heterocycles. The Kier molecular flexibility index (Phi) is 10.2. The van der Waals surface area contributed by atoms with Crippen molar-refractivity contribution in [3.63, 3.8) is 0 Å². The van der Waals surface area contributed by atoms with E-state index in [-0.39, 0.29) is 11.7 Å². The smallest absolute Gasteiger partial charge is 0.260 e. The first-order chi connectivity index (χ1) is 25.0. The SMILES string of the molecule is C1=CNc2ccccc2C=C1.NCCOc1ccccc1C(=O)Nc1ccc(C(=O)C2=c3ccc4c(c3CCC2)CC=c2c(Cl)cccc2=4)cn1. The molecule has 2 aliphatic carbocycles. The first-order valence-electron chi connectivity index (χ1n) is 17.1. The number of anilines is 2. The van der Waals surface area contributed by atoms with E-state index in [4.69, 9.17) is 22.1 Å². The summed E-state index contributed by atoms with van der Waals surface area (Å²) in [5, 5.41) is 11.2. The van der Waals surface area contributed by atoms with E-state index in [0.29, 0.717) is 35.8 Å². The van der Waals surface area contributed by atoms with Gasteiger partial charge in [0, 0.05) is 40.8 Å². The Morgan fingerprint density at radius 3 is 2.57 bits per heavy atom. The number of halogens is 1. The molecular formula is C43H37ClN4O3. The fourth-order valence-electron chi connectivity index (χ4n) is 6.78. The van der Waals surface area contributed by atoms with Gasteiger partial charge in [-0.25, -0.2) is 4.98 Å². The minimum absolute atomic E-state index is 0.0324. The molecule has 0 radical (unpaired) electrons. The van der Waals surface area contributed by atoms with Crippen LogP contribution in [0.15, 0.2) is 116 Å². The maximum atomic E-state index is 13.7. The number of para-hydroxylation sites is 2. The zero-order valence-electron chi connectivity index (χ0n) is 28.0. The number of ether oxygens (including phenoxy) is 1. The summed E-state index contributed by atoms with van der Waals surface area (Å²) in [5.41, 5.74) is 12.1. The molecule has 0 unspecified atom stereocenters. The van der Waals surface area contributed by atoms with Gasteiger partial charge in [0.25, 0.3) is 5.91 Å². The highest BCUT2D eigenvalue weighted by atomic mass is 35.5. The van der Waals surface area contributed by atoms with Crippen molar-refractivity contribution in [3.05, 3.63) is 169 Å². The molecule has 0 bridgehead atoms. The summed E-state index contributed by atoms with van der Waals surface area (Å²) >= 11 is 6.46. The van der Waals surface area contributed by atoms with E-state index in [0.717, 1.165) is 57.6 Å². The molecule has 8 rings (SSSR count). The molecule has 0 spiro atoms. The Hall–Kier alpha value is -5.76. The van der Waals surface area contributed by atoms with E-state index in [1.807, 2.05) is 42.6 Å². The van der Waals surface area contributed by atoms with Gasteiger partial charge in [0.1, 0.15) is 18.2 Å². The van der Waals surface area contributed by atoms with Gasteiger partial charge in [0.05, 0.1) is 5.56 Å². The number of fused-ring (bicyclic) bond motifs is 5. The lowest BCUT2D eigenvalue weighted by atomic mass is 9.84. The van der Waals surface area contributed by atoms with Gasteiger partial charge in [-0.1, -0.05) is 84.4 Å². The molecule has 4 N–H and O–H groups in total. The third kappa shape index (κ3) is 7.26. The number of rotatable bonds is 7. The predicted octanol–water partition coefficient (Wildman–Crippen LogP) is 6.96. The molecule has 51 heavy (non-hydrogen) atoms. The molecular weight excluding hydrogens is 656 g/mol. The molecule has 7 nitrogen and oxygen atoms in total. The number of hydrogen-bond acceptors (Lipinski definition) is 6. The lowest BCUT2D eigenvalue weighted by molar-refractivity contribution is 0.102. The van der Waals surface area contributed by atoms with E-state index >= 15 is 0 Å². The van der Waals surface area contributed by atoms with Gasteiger partial charge in [-0.2, -0.15) is 0 Å². The summed E-state index contributed by atoms with van der Waals surface area (Å²) in [7, 11) is 0. The molecule has 0 atom stereocenters. The monoisotopic (exact) mass is 692 g/mol. The van der Waals surface area contributed by atoms with Crippen LogP contribution < -0.4 is 31.5 Å². The molecule has 1 amide bonds. The second kappa shape index (κ2) is 15.4. The highest BCUT2D eigenvalue weighted by molar-refractivity contribution is 6.30. The Morgan fingerprint density at radius 2 is 1.71 bits per heavy atom. The molecule has 8 heteroatoms. The largest absolute Gasteiger partial charge is 0.491 e. The Labute approximate surface area is 301 Å². The quantitative estimate of drug-likeness (QED) is 0.159. The molecule has 1 aromatic heterocycles. The third-order valence-corrected chi connectivity index (χ3v) is 9.52. The summed E-state index contributed by atoms with van der Waals surface area (Å²) < 4.78 is 5.59. The normalized spacial score (nSPS) is 13.4. The van der Waals surface area contributed by atoms with Crippen molar-refractivity contribution in [2.45, 2.75) is 25.7 Å². The summed E-state index contributed by atoms with van der Waals surface area (Å²) in [5.74, 6) is 0.427. The first kappa shape index (κ1) is 33.7. The van der Waals surface area contributed by atoms with E-state index < -0.39 is 0 Å². The van der Waals surface area contributed by atoms with Gasteiger partial charge in [0.2, 0.25) is 0 Å². The zero-order chi connectivity index (χ0) is 35.2. The Morgan fingerprint density at radius 1 is 0.863 bits per heavy atom. The molecule has 1 aliphatic heterocycles. The third-order valence-electron chi connectivity index (χ3n) is 9.19. The fourth-order valence-corrected chi connectivity index (χ4v) is 7.03. The maximum absolute atomic E-state index is 13.7. The number of amides is 1. The predicted molar refractivity (Wildman–Crippen MR) is 205 cm³/mol. The van der Waals surface area contributed by atoms with Crippen LogP contribution in [0.5, 0.6) is 5.75 Å². The summed E-state index contributed by atoms with van der Waals surface area (Å²) in [6.45, 7) is 0.657. The van der Waals surface area contributed by atoms with Crippen LogP contribution in [0.3, 0.4) is 0 Å². The molecule has 0 fully saturated rings. The van der Waals surface area contributed by atoms with Gasteiger partial charge < -0.3 is 21.1 Å². The van der Waals surface area contributed by atoms with Crippen LogP contribution in [0.2, 0.25) is 5.02 Å². The Balaban J connectivity index is 0.000000313. The number of allylic oxidation sites excluding steroid dienone is 2. The second-order valence-corrected chi connectivity index (χ2v) is 12.8. The number of Topliss-reactive ketones (excluding diaryl/α,β-unsaturated/α-hetero) is 1. The average Bonchev–Trinajstić information content (AvgIpc) is 3.43. The van der Waals surface area contributed by atoms with Gasteiger partial charge in [-0.15, -0.1) is 0 Å². The van der Waals surface area contributed by atoms with Crippen LogP contribution in [0.25, 0.3) is 17.7 Å². The Bertz CT molecular complexity index is 2420. The van der Waals surface area contributed by atoms with Crippen LogP contribution in [-0.2, 0) is 12.8 Å². The highest BCUT2D eigenvalue weighted by Crippen LogP contribution is 2.25. The minimum atomic E-state index is -0.348. The summed E-state index contributed by atoms with van der Waals surface area (Å²) in [6.07, 6.45) is 15.1. The van der Waals surface area contributed by atoms with Crippen LogP contribution >= 0.6 is 11.6 Å². The van der Waals surface area contributed by atoms with Gasteiger partial charge in [0.15, 0.2) is 5.78 Å². The minimum Gasteiger partial charge on any atom is -0.491 e. The van der Waals surface area contributed by atoms with E-state index in [1.165, 1.54) is 28.1 Å². The van der Waals surface area contributed by atoms with Crippen LogP contribution in [0, 0.1) is 10.4 Å². The van der Waals surface area contributed by atoms with Crippen molar-refractivity contribution in [1.29, 1.82) is 0 Å². The lowest BCUT2D eigenvalue weighted by Gasteiger charge is -2.20. The number of pyridine rings is 1. The highest BCUT2D eigenvalue weighted by Gasteiger charge is 2.22. The van der Waals surface area contributed by atoms with Gasteiger partial charge in [-0.3, -0.25) is 9.59 Å². The number of aromatic nitrogens is 1. The van der Waals surface area contributed by atoms with Crippen molar-refractivity contribution < 1.29 is 14.3 Å². The van der Waals surface area contributed by atoms with Gasteiger partial charge in [-0.05, 0) is 106 Å². The number of nitrogens with zero attached hydrogens (tertiary/aromatic N) is 1.